The molecule has 2 heterocycles. The molecule has 0 unspecified atom stereocenters. The van der Waals surface area contributed by atoms with Gasteiger partial charge in [-0.15, -0.1) is 0 Å². The summed E-state index contributed by atoms with van der Waals surface area (Å²) in [5.41, 5.74) is 3.05. The van der Waals surface area contributed by atoms with Crippen molar-refractivity contribution in [2.45, 2.75) is 26.4 Å². The van der Waals surface area contributed by atoms with Crippen LogP contribution in [-0.4, -0.2) is 46.9 Å². The van der Waals surface area contributed by atoms with Crippen LogP contribution in [0.15, 0.2) is 30.5 Å². The van der Waals surface area contributed by atoms with Crippen molar-refractivity contribution in [2.24, 2.45) is 0 Å². The summed E-state index contributed by atoms with van der Waals surface area (Å²) in [6.45, 7) is 6.95. The molecule has 0 atom stereocenters. The molecule has 6 nitrogen and oxygen atoms in total. The van der Waals surface area contributed by atoms with Crippen LogP contribution in [0.5, 0.6) is 0 Å². The second-order valence-corrected chi connectivity index (χ2v) is 7.37. The second-order valence-electron chi connectivity index (χ2n) is 6.21. The minimum absolute atomic E-state index is 0.00619. The normalized spacial score (nSPS) is 15.3. The zero-order valence-corrected chi connectivity index (χ0v) is 16.5. The third-order valence-electron chi connectivity index (χ3n) is 4.18. The zero-order chi connectivity index (χ0) is 17.6. The van der Waals surface area contributed by atoms with Crippen molar-refractivity contribution in [1.82, 2.24) is 14.7 Å². The number of carbonyl (C=O) groups excluding carboxylic acids is 1. The standard InChI is InChI=1S/C18H23IN4O2/c1-14-17(19)13-23(21-14)6-5-18(24)20-16-4-2-3-15(11-16)12-22-7-9-25-10-8-22/h2-4,11,13H,5-10,12H2,1H3,(H,20,24). The molecule has 7 heteroatoms. The van der Waals surface area contributed by atoms with Crippen LogP contribution in [0, 0.1) is 10.5 Å². The van der Waals surface area contributed by atoms with Crippen molar-refractivity contribution in [3.05, 3.63) is 45.3 Å². The first-order chi connectivity index (χ1) is 12.1. The number of anilines is 1. The summed E-state index contributed by atoms with van der Waals surface area (Å²) in [6.07, 6.45) is 2.37. The summed E-state index contributed by atoms with van der Waals surface area (Å²) < 4.78 is 8.32. The zero-order valence-electron chi connectivity index (χ0n) is 14.4. The Morgan fingerprint density at radius 3 is 2.88 bits per heavy atom. The molecule has 1 fully saturated rings. The van der Waals surface area contributed by atoms with Gasteiger partial charge in [0.15, 0.2) is 0 Å². The molecule has 3 rings (SSSR count). The molecule has 25 heavy (non-hydrogen) atoms. The Morgan fingerprint density at radius 1 is 1.36 bits per heavy atom. The van der Waals surface area contributed by atoms with Crippen molar-refractivity contribution in [2.75, 3.05) is 31.6 Å². The molecule has 0 bridgehead atoms. The predicted molar refractivity (Wildman–Crippen MR) is 105 cm³/mol. The Bertz CT molecular complexity index is 706. The van der Waals surface area contributed by atoms with Crippen molar-refractivity contribution >= 4 is 34.2 Å². The number of morpholine rings is 1. The fraction of sp³-hybridized carbons (Fsp3) is 0.444. The van der Waals surface area contributed by atoms with Gasteiger partial charge in [0.1, 0.15) is 0 Å². The molecule has 1 N–H and O–H groups in total. The fourth-order valence-corrected chi connectivity index (χ4v) is 3.24. The van der Waals surface area contributed by atoms with Gasteiger partial charge in [0.05, 0.1) is 22.5 Å². The minimum Gasteiger partial charge on any atom is -0.379 e. The van der Waals surface area contributed by atoms with Crippen molar-refractivity contribution in [3.8, 4) is 0 Å². The van der Waals surface area contributed by atoms with Crippen molar-refractivity contribution < 1.29 is 9.53 Å². The van der Waals surface area contributed by atoms with Gasteiger partial charge in [-0.05, 0) is 47.2 Å². The van der Waals surface area contributed by atoms with Crippen LogP contribution in [0.1, 0.15) is 17.7 Å². The van der Waals surface area contributed by atoms with E-state index in [1.165, 1.54) is 5.56 Å². The van der Waals surface area contributed by atoms with Gasteiger partial charge in [-0.2, -0.15) is 5.10 Å². The minimum atomic E-state index is 0.00619. The average molecular weight is 454 g/mol. The highest BCUT2D eigenvalue weighted by molar-refractivity contribution is 14.1. The van der Waals surface area contributed by atoms with E-state index in [0.717, 1.165) is 47.8 Å². The molecule has 1 aromatic carbocycles. The topological polar surface area (TPSA) is 59.4 Å². The van der Waals surface area contributed by atoms with Gasteiger partial charge in [-0.1, -0.05) is 12.1 Å². The van der Waals surface area contributed by atoms with Crippen LogP contribution < -0.4 is 5.32 Å². The molecule has 2 aromatic rings. The first kappa shape index (κ1) is 18.3. The van der Waals surface area contributed by atoms with Crippen LogP contribution in [0.25, 0.3) is 0 Å². The van der Waals surface area contributed by atoms with Crippen LogP contribution in [0.3, 0.4) is 0 Å². The Hall–Kier alpha value is -1.45. The number of ether oxygens (including phenoxy) is 1. The largest absolute Gasteiger partial charge is 0.379 e. The summed E-state index contributed by atoms with van der Waals surface area (Å²) in [7, 11) is 0. The number of nitrogens with zero attached hydrogens (tertiary/aromatic N) is 3. The molecule has 1 aliphatic rings. The van der Waals surface area contributed by atoms with E-state index >= 15 is 0 Å². The number of nitrogens with one attached hydrogen (secondary N) is 1. The van der Waals surface area contributed by atoms with Crippen LogP contribution in [-0.2, 0) is 22.6 Å². The third kappa shape index (κ3) is 5.52. The molecule has 0 spiro atoms. The fourth-order valence-electron chi connectivity index (χ4n) is 2.81. The first-order valence-electron chi connectivity index (χ1n) is 8.48. The molecule has 134 valence electrons. The van der Waals surface area contributed by atoms with Gasteiger partial charge < -0.3 is 10.1 Å². The molecular weight excluding hydrogens is 431 g/mol. The van der Waals surface area contributed by atoms with Gasteiger partial charge >= 0.3 is 0 Å². The van der Waals surface area contributed by atoms with E-state index in [4.69, 9.17) is 4.74 Å². The Morgan fingerprint density at radius 2 is 2.16 bits per heavy atom. The third-order valence-corrected chi connectivity index (χ3v) is 5.23. The van der Waals surface area contributed by atoms with Crippen molar-refractivity contribution in [3.63, 3.8) is 0 Å². The number of carbonyl (C=O) groups is 1. The summed E-state index contributed by atoms with van der Waals surface area (Å²) in [5.74, 6) is 0.00619. The number of hydrogen-bond acceptors (Lipinski definition) is 4. The first-order valence-corrected chi connectivity index (χ1v) is 9.56. The van der Waals surface area contributed by atoms with Gasteiger partial charge in [-0.3, -0.25) is 14.4 Å². The molecule has 0 saturated carbocycles. The highest BCUT2D eigenvalue weighted by Gasteiger charge is 2.11. The van der Waals surface area contributed by atoms with Crippen LogP contribution in [0.4, 0.5) is 5.69 Å². The second kappa shape index (κ2) is 8.77. The highest BCUT2D eigenvalue weighted by Crippen LogP contribution is 2.14. The Kier molecular flexibility index (Phi) is 6.44. The highest BCUT2D eigenvalue weighted by atomic mass is 127. The maximum absolute atomic E-state index is 12.2. The Balaban J connectivity index is 1.51. The maximum atomic E-state index is 12.2. The number of aromatic nitrogens is 2. The maximum Gasteiger partial charge on any atom is 0.226 e. The summed E-state index contributed by atoms with van der Waals surface area (Å²) in [5, 5.41) is 7.37. The average Bonchev–Trinajstić information content (AvgIpc) is 2.92. The summed E-state index contributed by atoms with van der Waals surface area (Å²) in [6, 6.07) is 8.07. The molecule has 1 amide bonds. The lowest BCUT2D eigenvalue weighted by Crippen LogP contribution is -2.35. The smallest absolute Gasteiger partial charge is 0.226 e. The van der Waals surface area contributed by atoms with E-state index in [0.29, 0.717) is 13.0 Å². The number of halogens is 1. The van der Waals surface area contributed by atoms with Gasteiger partial charge in [-0.25, -0.2) is 0 Å². The molecule has 1 aromatic heterocycles. The van der Waals surface area contributed by atoms with Gasteiger partial charge in [0, 0.05) is 44.5 Å². The quantitative estimate of drug-likeness (QED) is 0.683. The molecule has 0 aliphatic carbocycles. The van der Waals surface area contributed by atoms with Gasteiger partial charge in [0.2, 0.25) is 5.91 Å². The van der Waals surface area contributed by atoms with E-state index in [-0.39, 0.29) is 5.91 Å². The van der Waals surface area contributed by atoms with Crippen molar-refractivity contribution in [1.29, 1.82) is 0 Å². The lowest BCUT2D eigenvalue weighted by molar-refractivity contribution is -0.116. The number of hydrogen-bond donors (Lipinski definition) is 1. The van der Waals surface area contributed by atoms with E-state index < -0.39 is 0 Å². The predicted octanol–water partition coefficient (Wildman–Crippen LogP) is 2.66. The monoisotopic (exact) mass is 454 g/mol. The molecular formula is C18H23IN4O2. The van der Waals surface area contributed by atoms with Crippen LogP contribution >= 0.6 is 22.6 Å². The SMILES string of the molecule is Cc1nn(CCC(=O)Nc2cccc(CN3CCOCC3)c2)cc1I. The van der Waals surface area contributed by atoms with Crippen LogP contribution in [0.2, 0.25) is 0 Å². The Labute approximate surface area is 161 Å². The molecule has 1 saturated heterocycles. The number of benzene rings is 1. The summed E-state index contributed by atoms with van der Waals surface area (Å²) >= 11 is 2.25. The van der Waals surface area contributed by atoms with E-state index in [1.54, 1.807) is 0 Å². The number of aryl methyl sites for hydroxylation is 2. The number of rotatable bonds is 6. The van der Waals surface area contributed by atoms with E-state index in [1.807, 2.05) is 36.0 Å². The van der Waals surface area contributed by atoms with Gasteiger partial charge in [0.25, 0.3) is 0 Å². The van der Waals surface area contributed by atoms with E-state index in [2.05, 4.69) is 44.0 Å². The molecule has 1 aliphatic heterocycles. The lowest BCUT2D eigenvalue weighted by Gasteiger charge is -2.26. The summed E-state index contributed by atoms with van der Waals surface area (Å²) in [4.78, 5) is 14.6. The van der Waals surface area contributed by atoms with E-state index in [9.17, 15) is 4.79 Å². The molecule has 0 radical (unpaired) electrons. The number of amides is 1. The lowest BCUT2D eigenvalue weighted by atomic mass is 10.1.